The van der Waals surface area contributed by atoms with Crippen LogP contribution in [0, 0.1) is 18.8 Å². The SMILES string of the molecule is Cc1cc(C(=O)NCC(C(=O)O)C2CCOCC2)ccc1-n1cncn1. The molecule has 0 spiro atoms. The van der Waals surface area contributed by atoms with E-state index in [2.05, 4.69) is 15.4 Å². The number of carboxylic acid groups (broad SMARTS) is 1. The van der Waals surface area contributed by atoms with Crippen LogP contribution < -0.4 is 5.32 Å². The van der Waals surface area contributed by atoms with Crippen LogP contribution >= 0.6 is 0 Å². The van der Waals surface area contributed by atoms with Crippen LogP contribution in [0.1, 0.15) is 28.8 Å². The highest BCUT2D eigenvalue weighted by molar-refractivity contribution is 5.94. The van der Waals surface area contributed by atoms with E-state index >= 15 is 0 Å². The summed E-state index contributed by atoms with van der Waals surface area (Å²) in [6.45, 7) is 3.15. The molecule has 26 heavy (non-hydrogen) atoms. The van der Waals surface area contributed by atoms with Gasteiger partial charge in [-0.1, -0.05) is 0 Å². The molecular weight excluding hydrogens is 336 g/mol. The summed E-state index contributed by atoms with van der Waals surface area (Å²) in [5.41, 5.74) is 2.20. The van der Waals surface area contributed by atoms with Gasteiger partial charge in [-0.2, -0.15) is 5.10 Å². The number of ether oxygens (including phenoxy) is 1. The highest BCUT2D eigenvalue weighted by Gasteiger charge is 2.30. The molecule has 2 aromatic rings. The zero-order valence-corrected chi connectivity index (χ0v) is 14.6. The van der Waals surface area contributed by atoms with E-state index in [1.807, 2.05) is 6.92 Å². The summed E-state index contributed by atoms with van der Waals surface area (Å²) >= 11 is 0. The lowest BCUT2D eigenvalue weighted by molar-refractivity contribution is -0.144. The number of carbonyl (C=O) groups is 2. The quantitative estimate of drug-likeness (QED) is 0.809. The van der Waals surface area contributed by atoms with Crippen LogP contribution in [0.5, 0.6) is 0 Å². The maximum absolute atomic E-state index is 12.4. The monoisotopic (exact) mass is 358 g/mol. The lowest BCUT2D eigenvalue weighted by Crippen LogP contribution is -2.39. The van der Waals surface area contributed by atoms with Gasteiger partial charge in [-0.05, 0) is 49.4 Å². The fraction of sp³-hybridized carbons (Fsp3) is 0.444. The van der Waals surface area contributed by atoms with Crippen LogP contribution in [-0.2, 0) is 9.53 Å². The molecule has 1 aliphatic heterocycles. The molecule has 0 saturated carbocycles. The van der Waals surface area contributed by atoms with Crippen molar-refractivity contribution >= 4 is 11.9 Å². The zero-order valence-electron chi connectivity index (χ0n) is 14.6. The highest BCUT2D eigenvalue weighted by Crippen LogP contribution is 2.24. The van der Waals surface area contributed by atoms with Crippen molar-refractivity contribution in [3.05, 3.63) is 42.0 Å². The summed E-state index contributed by atoms with van der Waals surface area (Å²) in [4.78, 5) is 27.9. The number of aromatic nitrogens is 3. The van der Waals surface area contributed by atoms with Crippen molar-refractivity contribution in [3.8, 4) is 5.69 Å². The van der Waals surface area contributed by atoms with Gasteiger partial charge < -0.3 is 15.2 Å². The lowest BCUT2D eigenvalue weighted by Gasteiger charge is -2.27. The molecule has 1 aliphatic rings. The molecule has 0 radical (unpaired) electrons. The summed E-state index contributed by atoms with van der Waals surface area (Å²) in [6.07, 6.45) is 4.45. The van der Waals surface area contributed by atoms with Gasteiger partial charge in [-0.15, -0.1) is 0 Å². The third-order valence-electron chi connectivity index (χ3n) is 4.76. The van der Waals surface area contributed by atoms with E-state index in [4.69, 9.17) is 4.74 Å². The number of hydrogen-bond acceptors (Lipinski definition) is 5. The number of carboxylic acids is 1. The molecule has 1 saturated heterocycles. The largest absolute Gasteiger partial charge is 0.481 e. The Hall–Kier alpha value is -2.74. The van der Waals surface area contributed by atoms with Crippen LogP contribution in [0.2, 0.25) is 0 Å². The standard InChI is InChI=1S/C18H22N4O4/c1-12-8-14(2-3-16(12)22-11-19-10-21-22)17(23)20-9-15(18(24)25)13-4-6-26-7-5-13/h2-3,8,10-11,13,15H,4-7,9H2,1H3,(H,20,23)(H,24,25). The Morgan fingerprint density at radius 1 is 1.38 bits per heavy atom. The molecule has 8 heteroatoms. The lowest BCUT2D eigenvalue weighted by atomic mass is 9.86. The third-order valence-corrected chi connectivity index (χ3v) is 4.76. The van der Waals surface area contributed by atoms with Crippen molar-refractivity contribution in [1.29, 1.82) is 0 Å². The summed E-state index contributed by atoms with van der Waals surface area (Å²) in [7, 11) is 0. The molecule has 3 rings (SSSR count). The number of rotatable bonds is 6. The van der Waals surface area contributed by atoms with E-state index in [9.17, 15) is 14.7 Å². The van der Waals surface area contributed by atoms with Gasteiger partial charge in [0, 0.05) is 25.3 Å². The molecule has 1 aromatic carbocycles. The normalized spacial score (nSPS) is 16.2. The van der Waals surface area contributed by atoms with Crippen molar-refractivity contribution < 1.29 is 19.4 Å². The Kier molecular flexibility index (Phi) is 5.62. The first-order chi connectivity index (χ1) is 12.6. The summed E-state index contributed by atoms with van der Waals surface area (Å²) in [5.74, 6) is -1.73. The number of aryl methyl sites for hydroxylation is 1. The van der Waals surface area contributed by atoms with Crippen molar-refractivity contribution in [1.82, 2.24) is 20.1 Å². The summed E-state index contributed by atoms with van der Waals surface area (Å²) in [5, 5.41) is 16.3. The van der Waals surface area contributed by atoms with E-state index in [1.54, 1.807) is 29.2 Å². The summed E-state index contributed by atoms with van der Waals surface area (Å²) < 4.78 is 6.92. The minimum absolute atomic E-state index is 0.0259. The van der Waals surface area contributed by atoms with Gasteiger partial charge in [0.05, 0.1) is 11.6 Å². The molecule has 1 fully saturated rings. The maximum atomic E-state index is 12.4. The molecule has 1 atom stereocenters. The Morgan fingerprint density at radius 2 is 2.15 bits per heavy atom. The van der Waals surface area contributed by atoms with Crippen LogP contribution in [0.3, 0.4) is 0 Å². The Bertz CT molecular complexity index is 770. The number of aliphatic carboxylic acids is 1. The molecule has 1 amide bonds. The van der Waals surface area contributed by atoms with E-state index in [0.29, 0.717) is 31.6 Å². The Balaban J connectivity index is 1.65. The van der Waals surface area contributed by atoms with Crippen molar-refractivity contribution in [2.24, 2.45) is 11.8 Å². The number of amides is 1. The minimum Gasteiger partial charge on any atom is -0.481 e. The van der Waals surface area contributed by atoms with Gasteiger partial charge in [0.15, 0.2) is 0 Å². The molecule has 138 valence electrons. The fourth-order valence-corrected chi connectivity index (χ4v) is 3.26. The number of nitrogens with one attached hydrogen (secondary N) is 1. The van der Waals surface area contributed by atoms with Crippen LogP contribution in [-0.4, -0.2) is 51.5 Å². The average molecular weight is 358 g/mol. The molecule has 1 aromatic heterocycles. The van der Waals surface area contributed by atoms with E-state index in [-0.39, 0.29) is 18.4 Å². The molecule has 2 heterocycles. The smallest absolute Gasteiger partial charge is 0.308 e. The van der Waals surface area contributed by atoms with Gasteiger partial charge in [-0.3, -0.25) is 9.59 Å². The number of nitrogens with zero attached hydrogens (tertiary/aromatic N) is 3. The summed E-state index contributed by atoms with van der Waals surface area (Å²) in [6, 6.07) is 5.26. The van der Waals surface area contributed by atoms with Gasteiger partial charge in [0.1, 0.15) is 12.7 Å². The van der Waals surface area contributed by atoms with Gasteiger partial charge in [0.25, 0.3) is 5.91 Å². The average Bonchev–Trinajstić information content (AvgIpc) is 3.16. The van der Waals surface area contributed by atoms with Crippen molar-refractivity contribution in [3.63, 3.8) is 0 Å². The zero-order chi connectivity index (χ0) is 18.5. The van der Waals surface area contributed by atoms with Crippen LogP contribution in [0.4, 0.5) is 0 Å². The molecule has 8 nitrogen and oxygen atoms in total. The van der Waals surface area contributed by atoms with E-state index in [0.717, 1.165) is 11.3 Å². The Labute approximate surface area is 151 Å². The molecule has 0 aliphatic carbocycles. The molecule has 2 N–H and O–H groups in total. The Morgan fingerprint density at radius 3 is 2.77 bits per heavy atom. The second kappa shape index (κ2) is 8.09. The van der Waals surface area contributed by atoms with Crippen molar-refractivity contribution in [2.75, 3.05) is 19.8 Å². The fourth-order valence-electron chi connectivity index (χ4n) is 3.26. The first-order valence-corrected chi connectivity index (χ1v) is 8.60. The molecule has 1 unspecified atom stereocenters. The van der Waals surface area contributed by atoms with Gasteiger partial charge >= 0.3 is 5.97 Å². The van der Waals surface area contributed by atoms with Crippen LogP contribution in [0.25, 0.3) is 5.69 Å². The van der Waals surface area contributed by atoms with Crippen LogP contribution in [0.15, 0.2) is 30.9 Å². The van der Waals surface area contributed by atoms with Gasteiger partial charge in [-0.25, -0.2) is 9.67 Å². The first-order valence-electron chi connectivity index (χ1n) is 8.60. The number of carbonyl (C=O) groups excluding carboxylic acids is 1. The minimum atomic E-state index is -0.880. The highest BCUT2D eigenvalue weighted by atomic mass is 16.5. The molecular formula is C18H22N4O4. The van der Waals surface area contributed by atoms with Gasteiger partial charge in [0.2, 0.25) is 0 Å². The first kappa shape index (κ1) is 18.1. The van der Waals surface area contributed by atoms with E-state index in [1.165, 1.54) is 6.33 Å². The number of hydrogen-bond donors (Lipinski definition) is 2. The van der Waals surface area contributed by atoms with E-state index < -0.39 is 11.9 Å². The third kappa shape index (κ3) is 4.08. The number of benzene rings is 1. The maximum Gasteiger partial charge on any atom is 0.308 e. The molecule has 0 bridgehead atoms. The predicted octanol–water partition coefficient (Wildman–Crippen LogP) is 1.43. The second-order valence-corrected chi connectivity index (χ2v) is 6.45. The second-order valence-electron chi connectivity index (χ2n) is 6.45. The van der Waals surface area contributed by atoms with Crippen molar-refractivity contribution in [2.45, 2.75) is 19.8 Å². The topological polar surface area (TPSA) is 106 Å². The predicted molar refractivity (Wildman–Crippen MR) is 93.1 cm³/mol.